The van der Waals surface area contributed by atoms with E-state index in [0.717, 1.165) is 23.0 Å². The van der Waals surface area contributed by atoms with Crippen LogP contribution in [0.5, 0.6) is 0 Å². The SMILES string of the molecule is CC(C)C(C)N(C)CCC(O)c1ccccc1Br. The molecule has 2 atom stereocenters. The summed E-state index contributed by atoms with van der Waals surface area (Å²) in [5.74, 6) is 0.635. The Hall–Kier alpha value is -0.380. The largest absolute Gasteiger partial charge is 0.388 e. The lowest BCUT2D eigenvalue weighted by molar-refractivity contribution is 0.128. The van der Waals surface area contributed by atoms with Crippen molar-refractivity contribution in [2.75, 3.05) is 13.6 Å². The Kier molecular flexibility index (Phi) is 6.33. The average Bonchev–Trinajstić information content (AvgIpc) is 2.35. The second-order valence-corrected chi connectivity index (χ2v) is 6.15. The Labute approximate surface area is 119 Å². The third-order valence-electron chi connectivity index (χ3n) is 3.68. The van der Waals surface area contributed by atoms with Crippen molar-refractivity contribution >= 4 is 15.9 Å². The third-order valence-corrected chi connectivity index (χ3v) is 4.40. The zero-order chi connectivity index (χ0) is 13.7. The predicted octanol–water partition coefficient (Wildman–Crippen LogP) is 3.85. The van der Waals surface area contributed by atoms with E-state index in [4.69, 9.17) is 0 Å². The second-order valence-electron chi connectivity index (χ2n) is 5.29. The van der Waals surface area contributed by atoms with Gasteiger partial charge in [-0.15, -0.1) is 0 Å². The van der Waals surface area contributed by atoms with Gasteiger partial charge in [-0.2, -0.15) is 0 Å². The minimum absolute atomic E-state index is 0.401. The molecule has 0 heterocycles. The molecular formula is C15H24BrNO. The first-order valence-corrected chi connectivity index (χ1v) is 7.35. The highest BCUT2D eigenvalue weighted by Crippen LogP contribution is 2.25. The van der Waals surface area contributed by atoms with Gasteiger partial charge in [-0.05, 0) is 37.9 Å². The summed E-state index contributed by atoms with van der Waals surface area (Å²) in [6.07, 6.45) is 0.360. The van der Waals surface area contributed by atoms with Gasteiger partial charge in [0.1, 0.15) is 0 Å². The summed E-state index contributed by atoms with van der Waals surface area (Å²) in [6.45, 7) is 7.59. The van der Waals surface area contributed by atoms with Crippen LogP contribution in [0.2, 0.25) is 0 Å². The molecule has 1 N–H and O–H groups in total. The molecule has 3 heteroatoms. The van der Waals surface area contributed by atoms with Crippen LogP contribution in [0.15, 0.2) is 28.7 Å². The molecule has 0 spiro atoms. The molecule has 0 aliphatic carbocycles. The maximum atomic E-state index is 10.2. The van der Waals surface area contributed by atoms with Gasteiger partial charge in [-0.25, -0.2) is 0 Å². The summed E-state index contributed by atoms with van der Waals surface area (Å²) in [4.78, 5) is 2.31. The van der Waals surface area contributed by atoms with Crippen molar-refractivity contribution in [1.29, 1.82) is 0 Å². The lowest BCUT2D eigenvalue weighted by Crippen LogP contribution is -2.34. The van der Waals surface area contributed by atoms with E-state index in [-0.39, 0.29) is 0 Å². The second kappa shape index (κ2) is 7.27. The van der Waals surface area contributed by atoms with Crippen LogP contribution in [-0.4, -0.2) is 29.6 Å². The third kappa shape index (κ3) is 4.38. The molecule has 0 aliphatic rings. The fourth-order valence-corrected chi connectivity index (χ4v) is 2.49. The molecule has 0 saturated carbocycles. The number of hydrogen-bond acceptors (Lipinski definition) is 2. The molecule has 2 nitrogen and oxygen atoms in total. The highest BCUT2D eigenvalue weighted by molar-refractivity contribution is 9.10. The van der Waals surface area contributed by atoms with Crippen LogP contribution in [0.4, 0.5) is 0 Å². The van der Waals surface area contributed by atoms with Crippen LogP contribution < -0.4 is 0 Å². The van der Waals surface area contributed by atoms with Crippen LogP contribution in [0.1, 0.15) is 38.9 Å². The van der Waals surface area contributed by atoms with Gasteiger partial charge in [0.25, 0.3) is 0 Å². The van der Waals surface area contributed by atoms with Crippen molar-refractivity contribution < 1.29 is 5.11 Å². The van der Waals surface area contributed by atoms with Crippen molar-refractivity contribution in [3.8, 4) is 0 Å². The Morgan fingerprint density at radius 3 is 2.39 bits per heavy atom. The van der Waals surface area contributed by atoms with E-state index >= 15 is 0 Å². The molecule has 1 rings (SSSR count). The average molecular weight is 314 g/mol. The Morgan fingerprint density at radius 1 is 1.22 bits per heavy atom. The molecule has 0 aromatic heterocycles. The van der Waals surface area contributed by atoms with E-state index in [2.05, 4.69) is 48.6 Å². The minimum Gasteiger partial charge on any atom is -0.388 e. The van der Waals surface area contributed by atoms with Gasteiger partial charge in [-0.3, -0.25) is 0 Å². The van der Waals surface area contributed by atoms with Gasteiger partial charge in [-0.1, -0.05) is 48.0 Å². The standard InChI is InChI=1S/C15H24BrNO/c1-11(2)12(3)17(4)10-9-15(18)13-7-5-6-8-14(13)16/h5-8,11-12,15,18H,9-10H2,1-4H3. The Bertz CT molecular complexity index is 367. The van der Waals surface area contributed by atoms with Gasteiger partial charge < -0.3 is 10.0 Å². The predicted molar refractivity (Wildman–Crippen MR) is 80.6 cm³/mol. The number of halogens is 1. The van der Waals surface area contributed by atoms with Crippen molar-refractivity contribution in [3.63, 3.8) is 0 Å². The van der Waals surface area contributed by atoms with Gasteiger partial charge in [0, 0.05) is 17.1 Å². The quantitative estimate of drug-likeness (QED) is 0.862. The summed E-state index contributed by atoms with van der Waals surface area (Å²) in [7, 11) is 2.12. The first-order chi connectivity index (χ1) is 8.43. The fraction of sp³-hybridized carbons (Fsp3) is 0.600. The molecule has 102 valence electrons. The maximum Gasteiger partial charge on any atom is 0.0813 e. The maximum absolute atomic E-state index is 10.2. The zero-order valence-corrected chi connectivity index (χ0v) is 13.3. The molecule has 2 unspecified atom stereocenters. The van der Waals surface area contributed by atoms with E-state index in [1.54, 1.807) is 0 Å². The van der Waals surface area contributed by atoms with E-state index in [1.807, 2.05) is 24.3 Å². The molecular weight excluding hydrogens is 290 g/mol. The van der Waals surface area contributed by atoms with Gasteiger partial charge in [0.15, 0.2) is 0 Å². The number of hydrogen-bond donors (Lipinski definition) is 1. The Balaban J connectivity index is 2.51. The molecule has 18 heavy (non-hydrogen) atoms. The van der Waals surface area contributed by atoms with Crippen LogP contribution in [0.3, 0.4) is 0 Å². The van der Waals surface area contributed by atoms with Crippen molar-refractivity contribution in [1.82, 2.24) is 4.90 Å². The normalized spacial score (nSPS) is 15.1. The zero-order valence-electron chi connectivity index (χ0n) is 11.7. The summed E-state index contributed by atoms with van der Waals surface area (Å²) in [5, 5.41) is 10.2. The lowest BCUT2D eigenvalue weighted by atomic mass is 10.0. The molecule has 0 fully saturated rings. The summed E-state index contributed by atoms with van der Waals surface area (Å²) in [6, 6.07) is 8.41. The smallest absolute Gasteiger partial charge is 0.0813 e. The lowest BCUT2D eigenvalue weighted by Gasteiger charge is -2.28. The molecule has 0 aliphatic heterocycles. The highest BCUT2D eigenvalue weighted by Gasteiger charge is 2.16. The van der Waals surface area contributed by atoms with Gasteiger partial charge >= 0.3 is 0 Å². The topological polar surface area (TPSA) is 23.5 Å². The van der Waals surface area contributed by atoms with Crippen LogP contribution in [0.25, 0.3) is 0 Å². The molecule has 0 amide bonds. The van der Waals surface area contributed by atoms with Crippen molar-refractivity contribution in [2.24, 2.45) is 5.92 Å². The highest BCUT2D eigenvalue weighted by atomic mass is 79.9. The summed E-state index contributed by atoms with van der Waals surface area (Å²) >= 11 is 3.48. The number of aliphatic hydroxyl groups is 1. The number of benzene rings is 1. The molecule has 1 aromatic rings. The molecule has 0 radical (unpaired) electrons. The number of aliphatic hydroxyl groups excluding tert-OH is 1. The van der Waals surface area contributed by atoms with Gasteiger partial charge in [0.05, 0.1) is 6.10 Å². The van der Waals surface area contributed by atoms with Crippen molar-refractivity contribution in [2.45, 2.75) is 39.3 Å². The first-order valence-electron chi connectivity index (χ1n) is 6.56. The summed E-state index contributed by atoms with van der Waals surface area (Å²) < 4.78 is 0.983. The van der Waals surface area contributed by atoms with E-state index < -0.39 is 6.10 Å². The van der Waals surface area contributed by atoms with Crippen LogP contribution >= 0.6 is 15.9 Å². The van der Waals surface area contributed by atoms with E-state index in [0.29, 0.717) is 12.0 Å². The van der Waals surface area contributed by atoms with Crippen LogP contribution in [0, 0.1) is 5.92 Å². The van der Waals surface area contributed by atoms with Crippen molar-refractivity contribution in [3.05, 3.63) is 34.3 Å². The molecule has 0 saturated heterocycles. The molecule has 1 aromatic carbocycles. The van der Waals surface area contributed by atoms with Gasteiger partial charge in [0.2, 0.25) is 0 Å². The number of nitrogens with zero attached hydrogens (tertiary/aromatic N) is 1. The monoisotopic (exact) mass is 313 g/mol. The Morgan fingerprint density at radius 2 is 1.83 bits per heavy atom. The first kappa shape index (κ1) is 15.7. The van der Waals surface area contributed by atoms with Crippen LogP contribution in [-0.2, 0) is 0 Å². The van der Waals surface area contributed by atoms with E-state index in [9.17, 15) is 5.11 Å². The minimum atomic E-state index is -0.401. The number of rotatable bonds is 6. The summed E-state index contributed by atoms with van der Waals surface area (Å²) in [5.41, 5.74) is 0.975. The van der Waals surface area contributed by atoms with E-state index in [1.165, 1.54) is 0 Å². The molecule has 0 bridgehead atoms. The fourth-order valence-electron chi connectivity index (χ4n) is 1.94.